The van der Waals surface area contributed by atoms with Crippen molar-refractivity contribution in [2.45, 2.75) is 52.6 Å². The fourth-order valence-corrected chi connectivity index (χ4v) is 5.78. The number of nitrogens with zero attached hydrogens (tertiary/aromatic N) is 2. The van der Waals surface area contributed by atoms with Crippen LogP contribution in [-0.2, 0) is 32.6 Å². The van der Waals surface area contributed by atoms with Gasteiger partial charge in [0.1, 0.15) is 11.8 Å². The SMILES string of the molecule is CCOc1ccccc1N(CCCC(=O)N(Cc1ccc(Cl)cc1)[C@H](Cc1ccccc1)C(=O)NCC(C)C)S(C)(=O)=O. The lowest BCUT2D eigenvalue weighted by Crippen LogP contribution is -2.51. The Balaban J connectivity index is 1.89. The predicted molar refractivity (Wildman–Crippen MR) is 173 cm³/mol. The molecule has 8 nitrogen and oxygen atoms in total. The van der Waals surface area contributed by atoms with E-state index in [0.717, 1.165) is 17.4 Å². The highest BCUT2D eigenvalue weighted by molar-refractivity contribution is 7.92. The molecule has 0 aromatic heterocycles. The van der Waals surface area contributed by atoms with Gasteiger partial charge in [-0.15, -0.1) is 0 Å². The summed E-state index contributed by atoms with van der Waals surface area (Å²) in [6, 6.07) is 23.0. The lowest BCUT2D eigenvalue weighted by Gasteiger charge is -2.32. The predicted octanol–water partition coefficient (Wildman–Crippen LogP) is 5.70. The molecule has 0 aliphatic carbocycles. The van der Waals surface area contributed by atoms with Crippen molar-refractivity contribution in [3.05, 3.63) is 95.0 Å². The van der Waals surface area contributed by atoms with Crippen LogP contribution in [0.3, 0.4) is 0 Å². The number of carbonyl (C=O) groups is 2. The highest BCUT2D eigenvalue weighted by atomic mass is 35.5. The van der Waals surface area contributed by atoms with Crippen molar-refractivity contribution in [1.29, 1.82) is 0 Å². The Morgan fingerprint density at radius 3 is 2.21 bits per heavy atom. The standard InChI is InChI=1S/C33H42ClN3O5S/c1-5-42-31-15-10-9-14-29(31)37(43(4,40)41)21-11-16-32(38)36(24-27-17-19-28(34)20-18-27)30(33(39)35-23-25(2)3)22-26-12-7-6-8-13-26/h6-10,12-15,17-20,25,30H,5,11,16,21-24H2,1-4H3,(H,35,39)/t30-/m1/s1. The molecule has 0 saturated carbocycles. The summed E-state index contributed by atoms with van der Waals surface area (Å²) in [4.78, 5) is 29.2. The average molecular weight is 628 g/mol. The number of ether oxygens (including phenoxy) is 1. The fraction of sp³-hybridized carbons (Fsp3) is 0.394. The lowest BCUT2D eigenvalue weighted by atomic mass is 10.0. The number of amides is 2. The topological polar surface area (TPSA) is 96.0 Å². The molecule has 0 fully saturated rings. The highest BCUT2D eigenvalue weighted by Crippen LogP contribution is 2.30. The molecule has 3 aromatic carbocycles. The number of benzene rings is 3. The third-order valence-electron chi connectivity index (χ3n) is 6.81. The third kappa shape index (κ3) is 10.6. The first-order valence-corrected chi connectivity index (χ1v) is 16.8. The quantitative estimate of drug-likeness (QED) is 0.220. The van der Waals surface area contributed by atoms with Gasteiger partial charge in [0.2, 0.25) is 21.8 Å². The van der Waals surface area contributed by atoms with Crippen molar-refractivity contribution in [2.24, 2.45) is 5.92 Å². The van der Waals surface area contributed by atoms with Gasteiger partial charge >= 0.3 is 0 Å². The van der Waals surface area contributed by atoms with Gasteiger partial charge in [-0.25, -0.2) is 8.42 Å². The van der Waals surface area contributed by atoms with Crippen LogP contribution in [0.2, 0.25) is 5.02 Å². The Kier molecular flexibility index (Phi) is 12.9. The summed E-state index contributed by atoms with van der Waals surface area (Å²) in [6.07, 6.45) is 1.76. The first-order chi connectivity index (χ1) is 20.5. The number of anilines is 1. The zero-order valence-electron chi connectivity index (χ0n) is 25.3. The molecule has 0 saturated heterocycles. The Morgan fingerprint density at radius 1 is 0.930 bits per heavy atom. The van der Waals surface area contributed by atoms with E-state index in [1.807, 2.05) is 63.2 Å². The molecule has 0 aliphatic heterocycles. The number of nitrogens with one attached hydrogen (secondary N) is 1. The summed E-state index contributed by atoms with van der Waals surface area (Å²) in [5.41, 5.74) is 2.18. The van der Waals surface area contributed by atoms with Crippen LogP contribution in [0.4, 0.5) is 5.69 Å². The van der Waals surface area contributed by atoms with Crippen LogP contribution in [0.1, 0.15) is 44.7 Å². The monoisotopic (exact) mass is 627 g/mol. The minimum Gasteiger partial charge on any atom is -0.492 e. The first-order valence-electron chi connectivity index (χ1n) is 14.5. The smallest absolute Gasteiger partial charge is 0.243 e. The van der Waals surface area contributed by atoms with Gasteiger partial charge < -0.3 is 15.0 Å². The third-order valence-corrected chi connectivity index (χ3v) is 8.24. The summed E-state index contributed by atoms with van der Waals surface area (Å²) < 4.78 is 32.6. The van der Waals surface area contributed by atoms with Crippen LogP contribution in [0, 0.1) is 5.92 Å². The fourth-order valence-electron chi connectivity index (χ4n) is 4.69. The van der Waals surface area contributed by atoms with E-state index in [9.17, 15) is 18.0 Å². The van der Waals surface area contributed by atoms with Gasteiger partial charge in [-0.1, -0.05) is 80.0 Å². The number of hydrogen-bond acceptors (Lipinski definition) is 5. The molecule has 3 rings (SSSR count). The summed E-state index contributed by atoms with van der Waals surface area (Å²) >= 11 is 6.11. The van der Waals surface area contributed by atoms with Crippen molar-refractivity contribution >= 4 is 39.1 Å². The van der Waals surface area contributed by atoms with Crippen molar-refractivity contribution in [3.8, 4) is 5.75 Å². The molecule has 0 aliphatic rings. The van der Waals surface area contributed by atoms with Gasteiger partial charge in [0.25, 0.3) is 0 Å². The molecular weight excluding hydrogens is 586 g/mol. The molecule has 0 heterocycles. The molecule has 2 amide bonds. The largest absolute Gasteiger partial charge is 0.492 e. The Hall–Kier alpha value is -3.56. The van der Waals surface area contributed by atoms with E-state index < -0.39 is 16.1 Å². The van der Waals surface area contributed by atoms with Gasteiger partial charge in [-0.3, -0.25) is 13.9 Å². The summed E-state index contributed by atoms with van der Waals surface area (Å²) in [6.45, 7) is 7.00. The molecule has 1 atom stereocenters. The lowest BCUT2D eigenvalue weighted by molar-refractivity contribution is -0.141. The van der Waals surface area contributed by atoms with Crippen molar-refractivity contribution in [3.63, 3.8) is 0 Å². The van der Waals surface area contributed by atoms with Crippen LogP contribution >= 0.6 is 11.6 Å². The summed E-state index contributed by atoms with van der Waals surface area (Å²) in [5, 5.41) is 3.59. The maximum absolute atomic E-state index is 14.0. The second kappa shape index (κ2) is 16.3. The van der Waals surface area contributed by atoms with E-state index >= 15 is 0 Å². The van der Waals surface area contributed by atoms with Gasteiger partial charge in [0.15, 0.2) is 0 Å². The maximum atomic E-state index is 14.0. The molecule has 3 aromatic rings. The van der Waals surface area contributed by atoms with Gasteiger partial charge in [-0.2, -0.15) is 0 Å². The van der Waals surface area contributed by atoms with Gasteiger partial charge in [-0.05, 0) is 54.7 Å². The molecule has 10 heteroatoms. The zero-order valence-corrected chi connectivity index (χ0v) is 26.9. The molecule has 0 radical (unpaired) electrons. The van der Waals surface area contributed by atoms with Crippen LogP contribution in [-0.4, -0.2) is 57.1 Å². The molecule has 0 spiro atoms. The van der Waals surface area contributed by atoms with E-state index in [2.05, 4.69) is 5.32 Å². The van der Waals surface area contributed by atoms with E-state index in [1.54, 1.807) is 41.3 Å². The summed E-state index contributed by atoms with van der Waals surface area (Å²) in [5.74, 6) is 0.213. The normalized spacial score (nSPS) is 12.0. The van der Waals surface area contributed by atoms with Crippen LogP contribution in [0.5, 0.6) is 5.75 Å². The number of sulfonamides is 1. The van der Waals surface area contributed by atoms with Gasteiger partial charge in [0.05, 0.1) is 18.6 Å². The number of halogens is 1. The van der Waals surface area contributed by atoms with E-state index in [0.29, 0.717) is 36.0 Å². The van der Waals surface area contributed by atoms with Gasteiger partial charge in [0, 0.05) is 37.5 Å². The average Bonchev–Trinajstić information content (AvgIpc) is 2.97. The number of para-hydroxylation sites is 2. The number of hydrogen-bond donors (Lipinski definition) is 1. The van der Waals surface area contributed by atoms with Crippen LogP contribution < -0.4 is 14.4 Å². The zero-order chi connectivity index (χ0) is 31.4. The molecule has 0 bridgehead atoms. The minimum absolute atomic E-state index is 0.0408. The van der Waals surface area contributed by atoms with Crippen molar-refractivity contribution < 1.29 is 22.7 Å². The molecule has 43 heavy (non-hydrogen) atoms. The molecule has 0 unspecified atom stereocenters. The highest BCUT2D eigenvalue weighted by Gasteiger charge is 2.31. The summed E-state index contributed by atoms with van der Waals surface area (Å²) in [7, 11) is -3.66. The molecule has 1 N–H and O–H groups in total. The second-order valence-corrected chi connectivity index (χ2v) is 13.2. The van der Waals surface area contributed by atoms with Crippen molar-refractivity contribution in [2.75, 3.05) is 30.3 Å². The number of carbonyl (C=O) groups excluding carboxylic acids is 2. The van der Waals surface area contributed by atoms with E-state index in [1.165, 1.54) is 4.31 Å². The second-order valence-electron chi connectivity index (χ2n) is 10.8. The van der Waals surface area contributed by atoms with E-state index in [4.69, 9.17) is 16.3 Å². The minimum atomic E-state index is -3.66. The number of rotatable bonds is 16. The Labute approximate surface area is 261 Å². The Morgan fingerprint density at radius 2 is 1.58 bits per heavy atom. The maximum Gasteiger partial charge on any atom is 0.243 e. The van der Waals surface area contributed by atoms with E-state index in [-0.39, 0.29) is 43.7 Å². The Bertz CT molecular complexity index is 1430. The van der Waals surface area contributed by atoms with Crippen LogP contribution in [0.25, 0.3) is 0 Å². The van der Waals surface area contributed by atoms with Crippen molar-refractivity contribution in [1.82, 2.24) is 10.2 Å². The first kappa shape index (κ1) is 33.9. The molecular formula is C33H42ClN3O5S. The van der Waals surface area contributed by atoms with Crippen LogP contribution in [0.15, 0.2) is 78.9 Å². The molecule has 232 valence electrons.